The fourth-order valence-electron chi connectivity index (χ4n) is 5.62. The van der Waals surface area contributed by atoms with Crippen LogP contribution < -0.4 is 20.3 Å². The third-order valence-corrected chi connectivity index (χ3v) is 8.54. The Bertz CT molecular complexity index is 1520. The van der Waals surface area contributed by atoms with Crippen LogP contribution in [0.5, 0.6) is 0 Å². The van der Waals surface area contributed by atoms with E-state index in [1.54, 1.807) is 18.2 Å². The third kappa shape index (κ3) is 5.70. The van der Waals surface area contributed by atoms with Crippen LogP contribution in [-0.4, -0.2) is 78.8 Å². The van der Waals surface area contributed by atoms with Gasteiger partial charge in [0.05, 0.1) is 23.7 Å². The Balaban J connectivity index is 1.57. The minimum absolute atomic E-state index is 0.160. The molecule has 216 valence electrons. The summed E-state index contributed by atoms with van der Waals surface area (Å²) >= 11 is 6.31. The number of nitrogens with one attached hydrogen (secondary N) is 2. The van der Waals surface area contributed by atoms with Gasteiger partial charge in [-0.3, -0.25) is 10.1 Å². The summed E-state index contributed by atoms with van der Waals surface area (Å²) in [6, 6.07) is 8.94. The van der Waals surface area contributed by atoms with Gasteiger partial charge >= 0.3 is 0 Å². The predicted octanol–water partition coefficient (Wildman–Crippen LogP) is 3.55. The second-order valence-corrected chi connectivity index (χ2v) is 13.1. The number of fused-ring (bicyclic) bond motifs is 1. The average Bonchev–Trinajstić information content (AvgIpc) is 3.31. The van der Waals surface area contributed by atoms with Gasteiger partial charge in [0.1, 0.15) is 17.5 Å². The van der Waals surface area contributed by atoms with E-state index in [1.807, 2.05) is 15.5 Å². The van der Waals surface area contributed by atoms with Crippen molar-refractivity contribution in [1.29, 1.82) is 5.41 Å². The first kappa shape index (κ1) is 28.4. The smallest absolute Gasteiger partial charge is 0.229 e. The van der Waals surface area contributed by atoms with E-state index in [2.05, 4.69) is 41.4 Å². The van der Waals surface area contributed by atoms with E-state index in [1.165, 1.54) is 0 Å². The Kier molecular flexibility index (Phi) is 7.86. The van der Waals surface area contributed by atoms with Gasteiger partial charge in [0, 0.05) is 61.5 Å². The van der Waals surface area contributed by atoms with Gasteiger partial charge < -0.3 is 20.4 Å². The molecule has 0 aliphatic carbocycles. The fourth-order valence-corrected chi connectivity index (χ4v) is 6.37. The van der Waals surface area contributed by atoms with Crippen LogP contribution in [0.3, 0.4) is 0 Å². The summed E-state index contributed by atoms with van der Waals surface area (Å²) in [6.45, 7) is 10.2. The third-order valence-electron chi connectivity index (χ3n) is 7.71. The zero-order valence-corrected chi connectivity index (χ0v) is 25.0. The second-order valence-electron chi connectivity index (χ2n) is 10.9. The number of rotatable bonds is 8. The van der Waals surface area contributed by atoms with E-state index in [-0.39, 0.29) is 17.9 Å². The molecule has 5 rings (SSSR count). The van der Waals surface area contributed by atoms with Gasteiger partial charge in [-0.15, -0.1) is 0 Å². The van der Waals surface area contributed by atoms with Crippen LogP contribution in [0.25, 0.3) is 5.65 Å². The SMILES string of the molecule is CCN(CC)c1cc(N2CC(N)C2)nc2cc([C@@H]3CC[C@H](C)CN3C(=N)c3cc(Cl)ccc3NS(C)(=O)=O)nn12. The van der Waals surface area contributed by atoms with Crippen molar-refractivity contribution < 1.29 is 8.42 Å². The molecule has 2 fully saturated rings. The summed E-state index contributed by atoms with van der Waals surface area (Å²) in [7, 11) is -3.55. The normalized spacial score (nSPS) is 20.1. The maximum atomic E-state index is 12.1. The Labute approximate surface area is 240 Å². The molecule has 11 nitrogen and oxygen atoms in total. The van der Waals surface area contributed by atoms with Crippen molar-refractivity contribution in [2.75, 3.05) is 53.5 Å². The highest BCUT2D eigenvalue weighted by atomic mass is 35.5. The molecule has 0 spiro atoms. The molecule has 0 bridgehead atoms. The van der Waals surface area contributed by atoms with Gasteiger partial charge in [-0.1, -0.05) is 18.5 Å². The Hall–Kier alpha value is -3.09. The highest BCUT2D eigenvalue weighted by molar-refractivity contribution is 7.92. The number of nitrogens with two attached hydrogens (primary N) is 1. The minimum atomic E-state index is -3.55. The molecule has 2 aliphatic rings. The molecule has 0 amide bonds. The summed E-state index contributed by atoms with van der Waals surface area (Å²) in [5.41, 5.74) is 8.39. The summed E-state index contributed by atoms with van der Waals surface area (Å²) in [5.74, 6) is 2.41. The Morgan fingerprint density at radius 3 is 2.55 bits per heavy atom. The first-order chi connectivity index (χ1) is 19.0. The highest BCUT2D eigenvalue weighted by Crippen LogP contribution is 2.37. The number of hydrogen-bond donors (Lipinski definition) is 3. The van der Waals surface area contributed by atoms with Crippen LogP contribution in [0.15, 0.2) is 30.3 Å². The first-order valence-electron chi connectivity index (χ1n) is 13.8. The van der Waals surface area contributed by atoms with E-state index >= 15 is 0 Å². The summed E-state index contributed by atoms with van der Waals surface area (Å²) < 4.78 is 28.6. The van der Waals surface area contributed by atoms with E-state index < -0.39 is 10.0 Å². The van der Waals surface area contributed by atoms with Crippen LogP contribution in [-0.2, 0) is 10.0 Å². The molecule has 2 aliphatic heterocycles. The number of likely N-dealkylation sites (tertiary alicyclic amines) is 1. The van der Waals surface area contributed by atoms with E-state index in [9.17, 15) is 13.8 Å². The van der Waals surface area contributed by atoms with Crippen LogP contribution in [0, 0.1) is 11.3 Å². The molecular formula is C27H38ClN9O2S. The standard InChI is InChI=1S/C27H38ClN9O2S/c1-5-34(6-2)26-13-24(35-15-19(29)16-35)31-25-12-22(32-37(25)26)23-10-7-17(3)14-36(23)27(30)20-11-18(28)8-9-21(20)33-40(4,38)39/h8-9,11-13,17,19,23,30,33H,5-7,10,14-16,29H2,1-4H3/t17-,23-/m0/s1. The number of halogens is 1. The number of piperidine rings is 1. The molecule has 0 saturated carbocycles. The molecule has 3 aromatic rings. The molecule has 40 heavy (non-hydrogen) atoms. The molecular weight excluding hydrogens is 550 g/mol. The molecule has 0 radical (unpaired) electrons. The zero-order chi connectivity index (χ0) is 28.8. The lowest BCUT2D eigenvalue weighted by Gasteiger charge is -2.40. The van der Waals surface area contributed by atoms with Crippen molar-refractivity contribution in [1.82, 2.24) is 19.5 Å². The highest BCUT2D eigenvalue weighted by Gasteiger charge is 2.34. The maximum absolute atomic E-state index is 12.1. The number of sulfonamides is 1. The van der Waals surface area contributed by atoms with Crippen LogP contribution >= 0.6 is 11.6 Å². The van der Waals surface area contributed by atoms with Crippen molar-refractivity contribution in [3.8, 4) is 0 Å². The van der Waals surface area contributed by atoms with Gasteiger partial charge in [0.25, 0.3) is 0 Å². The van der Waals surface area contributed by atoms with Gasteiger partial charge in [-0.25, -0.2) is 13.4 Å². The lowest BCUT2D eigenvalue weighted by Crippen LogP contribution is -2.56. The van der Waals surface area contributed by atoms with Crippen LogP contribution in [0.1, 0.15) is 50.9 Å². The number of anilines is 3. The Morgan fingerprint density at radius 1 is 1.18 bits per heavy atom. The molecule has 13 heteroatoms. The largest absolute Gasteiger partial charge is 0.357 e. The monoisotopic (exact) mass is 587 g/mol. The maximum Gasteiger partial charge on any atom is 0.229 e. The summed E-state index contributed by atoms with van der Waals surface area (Å²) in [6.07, 6.45) is 2.89. The number of benzene rings is 1. The minimum Gasteiger partial charge on any atom is -0.357 e. The van der Waals surface area contributed by atoms with Crippen LogP contribution in [0.4, 0.5) is 17.3 Å². The molecule has 2 saturated heterocycles. The lowest BCUT2D eigenvalue weighted by molar-refractivity contribution is 0.191. The number of nitrogens with zero attached hydrogens (tertiary/aromatic N) is 6. The number of hydrogen-bond acceptors (Lipinski definition) is 8. The Morgan fingerprint density at radius 2 is 1.90 bits per heavy atom. The fraction of sp³-hybridized carbons (Fsp3) is 0.519. The van der Waals surface area contributed by atoms with Crippen molar-refractivity contribution in [3.05, 3.63) is 46.6 Å². The van der Waals surface area contributed by atoms with Gasteiger partial charge in [0.2, 0.25) is 10.0 Å². The lowest BCUT2D eigenvalue weighted by atomic mass is 9.91. The van der Waals surface area contributed by atoms with Gasteiger partial charge in [0.15, 0.2) is 5.65 Å². The van der Waals surface area contributed by atoms with Crippen molar-refractivity contribution in [3.63, 3.8) is 0 Å². The molecule has 2 aromatic heterocycles. The van der Waals surface area contributed by atoms with E-state index in [0.29, 0.717) is 28.7 Å². The number of amidine groups is 1. The van der Waals surface area contributed by atoms with E-state index in [4.69, 9.17) is 27.4 Å². The molecule has 2 atom stereocenters. The molecule has 4 N–H and O–H groups in total. The second kappa shape index (κ2) is 11.1. The predicted molar refractivity (Wildman–Crippen MR) is 161 cm³/mol. The average molecular weight is 588 g/mol. The molecule has 0 unspecified atom stereocenters. The quantitative estimate of drug-likeness (QED) is 0.269. The molecule has 1 aromatic carbocycles. The first-order valence-corrected chi connectivity index (χ1v) is 16.0. The van der Waals surface area contributed by atoms with Crippen molar-refractivity contribution in [2.24, 2.45) is 11.7 Å². The molecule has 4 heterocycles. The van der Waals surface area contributed by atoms with Crippen molar-refractivity contribution >= 4 is 50.4 Å². The van der Waals surface area contributed by atoms with Gasteiger partial charge in [-0.05, 0) is 50.8 Å². The summed E-state index contributed by atoms with van der Waals surface area (Å²) in [5, 5.41) is 14.7. The summed E-state index contributed by atoms with van der Waals surface area (Å²) in [4.78, 5) is 11.4. The van der Waals surface area contributed by atoms with Crippen LogP contribution in [0.2, 0.25) is 5.02 Å². The van der Waals surface area contributed by atoms with Crippen molar-refractivity contribution in [2.45, 2.75) is 45.7 Å². The topological polar surface area (TPSA) is 136 Å². The van der Waals surface area contributed by atoms with E-state index in [0.717, 1.165) is 68.3 Å². The zero-order valence-electron chi connectivity index (χ0n) is 23.4. The number of aromatic nitrogens is 3. The van der Waals surface area contributed by atoms with Gasteiger partial charge in [-0.2, -0.15) is 9.61 Å².